The van der Waals surface area contributed by atoms with E-state index < -0.39 is 0 Å². The highest BCUT2D eigenvalue weighted by Gasteiger charge is 1.94. The Morgan fingerprint density at radius 3 is 0.750 bits per heavy atom. The topological polar surface area (TPSA) is 0 Å². The van der Waals surface area contributed by atoms with Crippen LogP contribution in [-0.4, -0.2) is 0 Å². The minimum Gasteiger partial charge on any atom is -0.0885 e. The number of unbranched alkanes of at least 4 members (excludes halogenated alkanes) is 22. The third kappa shape index (κ3) is 25.7. The molecule has 2 radical (unpaired) electrons. The first-order chi connectivity index (χ1) is 13.9. The van der Waals surface area contributed by atoms with Gasteiger partial charge in [-0.25, -0.2) is 0 Å². The molecule has 0 aromatic carbocycles. The van der Waals surface area contributed by atoms with Gasteiger partial charge in [0.1, 0.15) is 0 Å². The van der Waals surface area contributed by atoms with Crippen molar-refractivity contribution in [3.63, 3.8) is 0 Å². The molecule has 0 amide bonds. The molecule has 0 aromatic heterocycles. The van der Waals surface area contributed by atoms with Gasteiger partial charge in [0.15, 0.2) is 0 Å². The minimum atomic E-state index is 1.12. The largest absolute Gasteiger partial charge is 0.0885 e. The standard InChI is InChI=1S/C28H54/c1-3-5-7-9-11-13-15-17-19-21-23-25-27-28-26-24-22-20-18-16-14-12-10-8-6-4-2/h25,27H,1-24,26,28H2. The van der Waals surface area contributed by atoms with Gasteiger partial charge in [-0.1, -0.05) is 154 Å². The molecular formula is C28H54. The second-order valence-corrected chi connectivity index (χ2v) is 8.83. The zero-order valence-corrected chi connectivity index (χ0v) is 19.5. The molecule has 0 aliphatic heterocycles. The van der Waals surface area contributed by atoms with Gasteiger partial charge in [0.25, 0.3) is 0 Å². The van der Waals surface area contributed by atoms with E-state index in [1.54, 1.807) is 0 Å². The van der Waals surface area contributed by atoms with Gasteiger partial charge >= 0.3 is 0 Å². The van der Waals surface area contributed by atoms with Crippen molar-refractivity contribution < 1.29 is 0 Å². The second kappa shape index (κ2) is 26.7. The molecule has 166 valence electrons. The fraction of sp³-hybridized carbons (Fsp3) is 0.857. The molecule has 0 spiro atoms. The number of rotatable bonds is 24. The summed E-state index contributed by atoms with van der Waals surface area (Å²) in [4.78, 5) is 0. The summed E-state index contributed by atoms with van der Waals surface area (Å²) in [5.41, 5.74) is 0. The van der Waals surface area contributed by atoms with Gasteiger partial charge in [-0.05, 0) is 25.7 Å². The van der Waals surface area contributed by atoms with Crippen molar-refractivity contribution >= 4 is 0 Å². The highest BCUT2D eigenvalue weighted by Crippen LogP contribution is 2.13. The Labute approximate surface area is 180 Å². The van der Waals surface area contributed by atoms with Gasteiger partial charge in [0, 0.05) is 0 Å². The summed E-state index contributed by atoms with van der Waals surface area (Å²) in [5.74, 6) is 0. The van der Waals surface area contributed by atoms with Crippen molar-refractivity contribution in [1.29, 1.82) is 0 Å². The van der Waals surface area contributed by atoms with Crippen molar-refractivity contribution in [1.82, 2.24) is 0 Å². The molecule has 0 rings (SSSR count). The average Bonchev–Trinajstić information content (AvgIpc) is 2.71. The van der Waals surface area contributed by atoms with Crippen LogP contribution in [0.5, 0.6) is 0 Å². The first-order valence-corrected chi connectivity index (χ1v) is 13.1. The SMILES string of the molecule is [CH2]CCCCCCCCCCCC=CCCCCCCCCCCCCC[CH2]. The Balaban J connectivity index is 3.05. The van der Waals surface area contributed by atoms with Crippen molar-refractivity contribution in [2.24, 2.45) is 0 Å². The van der Waals surface area contributed by atoms with Crippen molar-refractivity contribution in [3.8, 4) is 0 Å². The van der Waals surface area contributed by atoms with E-state index >= 15 is 0 Å². The lowest BCUT2D eigenvalue weighted by atomic mass is 10.0. The number of allylic oxidation sites excluding steroid dienone is 2. The molecule has 0 N–H and O–H groups in total. The van der Waals surface area contributed by atoms with Crippen LogP contribution in [-0.2, 0) is 0 Å². The van der Waals surface area contributed by atoms with Crippen LogP contribution in [0.15, 0.2) is 12.2 Å². The maximum absolute atomic E-state index is 3.91. The molecule has 0 aliphatic rings. The van der Waals surface area contributed by atoms with E-state index in [1.807, 2.05) is 0 Å². The third-order valence-electron chi connectivity index (χ3n) is 5.91. The van der Waals surface area contributed by atoms with Crippen LogP contribution in [0.1, 0.15) is 154 Å². The summed E-state index contributed by atoms with van der Waals surface area (Å²) in [6, 6.07) is 0. The molecule has 0 unspecified atom stereocenters. The van der Waals surface area contributed by atoms with Gasteiger partial charge in [-0.15, -0.1) is 0 Å². The summed E-state index contributed by atoms with van der Waals surface area (Å²) >= 11 is 0. The molecule has 0 heteroatoms. The highest BCUT2D eigenvalue weighted by atomic mass is 14.0. The summed E-state index contributed by atoms with van der Waals surface area (Å²) in [7, 11) is 0. The molecule has 0 aliphatic carbocycles. The smallest absolute Gasteiger partial charge is 0.0351 e. The molecule has 28 heavy (non-hydrogen) atoms. The van der Waals surface area contributed by atoms with E-state index in [0.717, 1.165) is 12.8 Å². The monoisotopic (exact) mass is 390 g/mol. The minimum absolute atomic E-state index is 1.12. The predicted molar refractivity (Wildman–Crippen MR) is 131 cm³/mol. The number of hydrogen-bond donors (Lipinski definition) is 0. The Hall–Kier alpha value is -0.260. The zero-order chi connectivity index (χ0) is 20.4. The summed E-state index contributed by atoms with van der Waals surface area (Å²) in [5, 5.41) is 0. The molecule has 0 bridgehead atoms. The van der Waals surface area contributed by atoms with Crippen molar-refractivity contribution in [3.05, 3.63) is 26.0 Å². The quantitative estimate of drug-likeness (QED) is 0.113. The fourth-order valence-corrected chi connectivity index (χ4v) is 3.94. The first-order valence-electron chi connectivity index (χ1n) is 13.1. The molecule has 0 nitrogen and oxygen atoms in total. The van der Waals surface area contributed by atoms with Crippen LogP contribution in [0, 0.1) is 13.8 Å². The van der Waals surface area contributed by atoms with Crippen LogP contribution in [0.25, 0.3) is 0 Å². The van der Waals surface area contributed by atoms with E-state index in [2.05, 4.69) is 26.0 Å². The third-order valence-corrected chi connectivity index (χ3v) is 5.91. The Bertz CT molecular complexity index is 278. The van der Waals surface area contributed by atoms with E-state index in [-0.39, 0.29) is 0 Å². The van der Waals surface area contributed by atoms with E-state index in [0.29, 0.717) is 0 Å². The summed E-state index contributed by atoms with van der Waals surface area (Å²) in [6.45, 7) is 7.82. The predicted octanol–water partition coefficient (Wildman–Crippen LogP) is 10.6. The van der Waals surface area contributed by atoms with Gasteiger partial charge < -0.3 is 0 Å². The normalized spacial score (nSPS) is 11.6. The number of hydrogen-bond acceptors (Lipinski definition) is 0. The second-order valence-electron chi connectivity index (χ2n) is 8.83. The Kier molecular flexibility index (Phi) is 26.5. The zero-order valence-electron chi connectivity index (χ0n) is 19.5. The van der Waals surface area contributed by atoms with E-state index in [9.17, 15) is 0 Å². The molecule has 0 heterocycles. The first kappa shape index (κ1) is 27.7. The van der Waals surface area contributed by atoms with Gasteiger partial charge in [-0.2, -0.15) is 0 Å². The maximum Gasteiger partial charge on any atom is -0.0351 e. The average molecular weight is 391 g/mol. The Morgan fingerprint density at radius 1 is 0.286 bits per heavy atom. The van der Waals surface area contributed by atoms with Gasteiger partial charge in [0.2, 0.25) is 0 Å². The molecule has 0 aromatic rings. The molecule has 0 saturated carbocycles. The summed E-state index contributed by atoms with van der Waals surface area (Å²) < 4.78 is 0. The van der Waals surface area contributed by atoms with Crippen LogP contribution in [0.4, 0.5) is 0 Å². The Morgan fingerprint density at radius 2 is 0.500 bits per heavy atom. The molecule has 0 fully saturated rings. The van der Waals surface area contributed by atoms with Crippen LogP contribution >= 0.6 is 0 Å². The lowest BCUT2D eigenvalue weighted by Gasteiger charge is -2.02. The van der Waals surface area contributed by atoms with Crippen molar-refractivity contribution in [2.75, 3.05) is 0 Å². The molecule has 0 saturated heterocycles. The lowest BCUT2D eigenvalue weighted by Crippen LogP contribution is -1.82. The molecular weight excluding hydrogens is 336 g/mol. The van der Waals surface area contributed by atoms with Crippen molar-refractivity contribution in [2.45, 2.75) is 154 Å². The molecule has 0 atom stereocenters. The van der Waals surface area contributed by atoms with E-state index in [4.69, 9.17) is 0 Å². The lowest BCUT2D eigenvalue weighted by molar-refractivity contribution is 0.547. The summed E-state index contributed by atoms with van der Waals surface area (Å²) in [6.07, 6.45) is 38.2. The van der Waals surface area contributed by atoms with Crippen LogP contribution in [0.3, 0.4) is 0 Å². The van der Waals surface area contributed by atoms with Gasteiger partial charge in [-0.3, -0.25) is 0 Å². The fourth-order valence-electron chi connectivity index (χ4n) is 3.94. The van der Waals surface area contributed by atoms with Crippen LogP contribution in [0.2, 0.25) is 0 Å². The van der Waals surface area contributed by atoms with E-state index in [1.165, 1.54) is 141 Å². The van der Waals surface area contributed by atoms with Gasteiger partial charge in [0.05, 0.1) is 0 Å². The van der Waals surface area contributed by atoms with Crippen LogP contribution < -0.4 is 0 Å². The maximum atomic E-state index is 3.91. The highest BCUT2D eigenvalue weighted by molar-refractivity contribution is 4.81.